The van der Waals surface area contributed by atoms with Crippen LogP contribution in [0.15, 0.2) is 18.2 Å². The Kier molecular flexibility index (Phi) is 4.51. The number of hydrogen-bond donors (Lipinski definition) is 1. The largest absolute Gasteiger partial charge is 0.493 e. The lowest BCUT2D eigenvalue weighted by atomic mass is 9.87. The molecule has 0 heterocycles. The third-order valence-electron chi connectivity index (χ3n) is 3.92. The molecule has 19 heavy (non-hydrogen) atoms. The summed E-state index contributed by atoms with van der Waals surface area (Å²) in [6.07, 6.45) is 4.72. The van der Waals surface area contributed by atoms with Crippen molar-refractivity contribution in [3.05, 3.63) is 29.3 Å². The minimum atomic E-state index is 0.336. The van der Waals surface area contributed by atoms with Gasteiger partial charge in [0.2, 0.25) is 0 Å². The molecule has 1 atom stereocenters. The van der Waals surface area contributed by atoms with Crippen molar-refractivity contribution in [1.29, 1.82) is 0 Å². The van der Waals surface area contributed by atoms with Crippen LogP contribution in [0.2, 0.25) is 0 Å². The predicted molar refractivity (Wildman–Crippen MR) is 80.7 cm³/mol. The molecular formula is C17H27NO. The molecule has 0 amide bonds. The Balaban J connectivity index is 2.09. The molecule has 0 aliphatic heterocycles. The van der Waals surface area contributed by atoms with E-state index in [2.05, 4.69) is 44.3 Å². The Morgan fingerprint density at radius 2 is 2.11 bits per heavy atom. The molecule has 0 fully saturated rings. The first-order valence-corrected chi connectivity index (χ1v) is 7.43. The Bertz CT molecular complexity index is 420. The minimum absolute atomic E-state index is 0.336. The van der Waals surface area contributed by atoms with Crippen molar-refractivity contribution in [1.82, 2.24) is 5.32 Å². The van der Waals surface area contributed by atoms with Crippen LogP contribution < -0.4 is 10.1 Å². The van der Waals surface area contributed by atoms with Gasteiger partial charge in [-0.25, -0.2) is 0 Å². The minimum Gasteiger partial charge on any atom is -0.493 e. The molecule has 106 valence electrons. The fourth-order valence-corrected chi connectivity index (χ4v) is 2.72. The van der Waals surface area contributed by atoms with E-state index in [1.54, 1.807) is 0 Å². The molecule has 2 rings (SSSR count). The highest BCUT2D eigenvalue weighted by molar-refractivity contribution is 5.43. The van der Waals surface area contributed by atoms with Crippen LogP contribution in [0.4, 0.5) is 0 Å². The van der Waals surface area contributed by atoms with Gasteiger partial charge in [-0.3, -0.25) is 0 Å². The van der Waals surface area contributed by atoms with Crippen LogP contribution in [0, 0.1) is 5.41 Å². The second-order valence-corrected chi connectivity index (χ2v) is 6.72. The topological polar surface area (TPSA) is 21.3 Å². The molecule has 0 bridgehead atoms. The Labute approximate surface area is 117 Å². The summed E-state index contributed by atoms with van der Waals surface area (Å²) in [6, 6.07) is 6.99. The van der Waals surface area contributed by atoms with Crippen LogP contribution in [0.1, 0.15) is 57.2 Å². The zero-order valence-electron chi connectivity index (χ0n) is 12.8. The monoisotopic (exact) mass is 261 g/mol. The van der Waals surface area contributed by atoms with E-state index in [-0.39, 0.29) is 0 Å². The molecule has 1 aromatic rings. The van der Waals surface area contributed by atoms with Crippen molar-refractivity contribution in [3.63, 3.8) is 0 Å². The molecule has 1 aromatic carbocycles. The van der Waals surface area contributed by atoms with E-state index in [1.165, 1.54) is 24.0 Å². The number of fused-ring (bicyclic) bond motifs is 1. The van der Waals surface area contributed by atoms with Gasteiger partial charge in [-0.1, -0.05) is 32.9 Å². The summed E-state index contributed by atoms with van der Waals surface area (Å²) in [7, 11) is 2.05. The van der Waals surface area contributed by atoms with Crippen LogP contribution in [0.3, 0.4) is 0 Å². The second-order valence-electron chi connectivity index (χ2n) is 6.72. The van der Waals surface area contributed by atoms with Crippen molar-refractivity contribution in [3.8, 4) is 5.75 Å². The van der Waals surface area contributed by atoms with E-state index >= 15 is 0 Å². The summed E-state index contributed by atoms with van der Waals surface area (Å²) >= 11 is 0. The fourth-order valence-electron chi connectivity index (χ4n) is 2.72. The number of rotatable bonds is 4. The number of ether oxygens (including phenoxy) is 1. The van der Waals surface area contributed by atoms with Crippen LogP contribution in [0.5, 0.6) is 5.75 Å². The fraction of sp³-hybridized carbons (Fsp3) is 0.647. The first-order chi connectivity index (χ1) is 9.01. The molecule has 1 aliphatic rings. The molecule has 0 aromatic heterocycles. The van der Waals surface area contributed by atoms with Crippen LogP contribution in [-0.4, -0.2) is 13.7 Å². The third kappa shape index (κ3) is 3.73. The van der Waals surface area contributed by atoms with Gasteiger partial charge >= 0.3 is 0 Å². The van der Waals surface area contributed by atoms with Gasteiger partial charge < -0.3 is 10.1 Å². The number of benzene rings is 1. The quantitative estimate of drug-likeness (QED) is 0.881. The van der Waals surface area contributed by atoms with Crippen molar-refractivity contribution in [2.45, 2.75) is 52.5 Å². The molecule has 0 radical (unpaired) electrons. The molecule has 0 spiro atoms. The van der Waals surface area contributed by atoms with Gasteiger partial charge in [-0.2, -0.15) is 0 Å². The van der Waals surface area contributed by atoms with Gasteiger partial charge in [0.05, 0.1) is 6.61 Å². The standard InChI is InChI=1S/C17H27NO/c1-17(2,3)11-12-19-16-10-6-7-13-14(16)8-5-9-15(13)18-4/h6-7,10,15,18H,5,8-9,11-12H2,1-4H3. The van der Waals surface area contributed by atoms with Gasteiger partial charge in [0.25, 0.3) is 0 Å². The maximum absolute atomic E-state index is 6.05. The van der Waals surface area contributed by atoms with Gasteiger partial charge in [-0.15, -0.1) is 0 Å². The van der Waals surface area contributed by atoms with Crippen molar-refractivity contribution in [2.24, 2.45) is 5.41 Å². The van der Waals surface area contributed by atoms with E-state index in [0.29, 0.717) is 11.5 Å². The molecule has 2 heteroatoms. The highest BCUT2D eigenvalue weighted by Crippen LogP contribution is 2.35. The van der Waals surface area contributed by atoms with Gasteiger partial charge in [-0.05, 0) is 55.3 Å². The Morgan fingerprint density at radius 1 is 1.32 bits per heavy atom. The highest BCUT2D eigenvalue weighted by atomic mass is 16.5. The first-order valence-electron chi connectivity index (χ1n) is 7.43. The van der Waals surface area contributed by atoms with Crippen LogP contribution in [-0.2, 0) is 6.42 Å². The molecule has 2 nitrogen and oxygen atoms in total. The van der Waals surface area contributed by atoms with E-state index < -0.39 is 0 Å². The molecule has 1 N–H and O–H groups in total. The van der Waals surface area contributed by atoms with Crippen molar-refractivity contribution >= 4 is 0 Å². The SMILES string of the molecule is CNC1CCCc2c(OCCC(C)(C)C)cccc21. The summed E-state index contributed by atoms with van der Waals surface area (Å²) < 4.78 is 6.05. The average Bonchev–Trinajstić information content (AvgIpc) is 2.37. The lowest BCUT2D eigenvalue weighted by Gasteiger charge is -2.27. The maximum Gasteiger partial charge on any atom is 0.122 e. The lowest BCUT2D eigenvalue weighted by Crippen LogP contribution is -2.22. The van der Waals surface area contributed by atoms with Gasteiger partial charge in [0.1, 0.15) is 5.75 Å². The molecule has 1 aliphatic carbocycles. The predicted octanol–water partition coefficient (Wildman–Crippen LogP) is 4.10. The number of nitrogens with one attached hydrogen (secondary N) is 1. The Hall–Kier alpha value is -1.02. The zero-order chi connectivity index (χ0) is 13.9. The zero-order valence-corrected chi connectivity index (χ0v) is 12.8. The van der Waals surface area contributed by atoms with Gasteiger partial charge in [0, 0.05) is 6.04 Å². The van der Waals surface area contributed by atoms with E-state index in [9.17, 15) is 0 Å². The summed E-state index contributed by atoms with van der Waals surface area (Å²) in [5.41, 5.74) is 3.19. The van der Waals surface area contributed by atoms with E-state index in [4.69, 9.17) is 4.74 Å². The Morgan fingerprint density at radius 3 is 2.79 bits per heavy atom. The number of hydrogen-bond acceptors (Lipinski definition) is 2. The molecular weight excluding hydrogens is 234 g/mol. The van der Waals surface area contributed by atoms with Crippen LogP contribution >= 0.6 is 0 Å². The van der Waals surface area contributed by atoms with Gasteiger partial charge in [0.15, 0.2) is 0 Å². The average molecular weight is 261 g/mol. The van der Waals surface area contributed by atoms with Crippen molar-refractivity contribution in [2.75, 3.05) is 13.7 Å². The summed E-state index contributed by atoms with van der Waals surface area (Å²) in [5, 5.41) is 3.41. The summed E-state index contributed by atoms with van der Waals surface area (Å²) in [5.74, 6) is 1.10. The third-order valence-corrected chi connectivity index (χ3v) is 3.92. The molecule has 1 unspecified atom stereocenters. The first kappa shape index (κ1) is 14.4. The summed E-state index contributed by atoms with van der Waals surface area (Å²) in [4.78, 5) is 0. The normalized spacial score (nSPS) is 19.1. The summed E-state index contributed by atoms with van der Waals surface area (Å²) in [6.45, 7) is 7.58. The van der Waals surface area contributed by atoms with E-state index in [0.717, 1.165) is 25.2 Å². The highest BCUT2D eigenvalue weighted by Gasteiger charge is 2.21. The second kappa shape index (κ2) is 5.96. The lowest BCUT2D eigenvalue weighted by molar-refractivity contribution is 0.240. The smallest absolute Gasteiger partial charge is 0.122 e. The molecule has 0 saturated carbocycles. The van der Waals surface area contributed by atoms with Crippen LogP contribution in [0.25, 0.3) is 0 Å². The van der Waals surface area contributed by atoms with E-state index in [1.807, 2.05) is 7.05 Å². The molecule has 0 saturated heterocycles. The maximum atomic E-state index is 6.05. The van der Waals surface area contributed by atoms with Crippen molar-refractivity contribution < 1.29 is 4.74 Å².